The summed E-state index contributed by atoms with van der Waals surface area (Å²) in [6.45, 7) is 1.39. The summed E-state index contributed by atoms with van der Waals surface area (Å²) in [6, 6.07) is 17.4. The second-order valence-electron chi connectivity index (χ2n) is 11.4. The number of hydrogen-bond acceptors (Lipinski definition) is 7. The first-order valence-electron chi connectivity index (χ1n) is 14.7. The Balaban J connectivity index is 1.42. The molecule has 2 N–H and O–H groups in total. The number of aliphatic carboxylic acids is 1. The van der Waals surface area contributed by atoms with E-state index in [1.54, 1.807) is 55.5 Å². The lowest BCUT2D eigenvalue weighted by atomic mass is 9.92. The average Bonchev–Trinajstić information content (AvgIpc) is 3.61. The minimum Gasteiger partial charge on any atom is -0.493 e. The fraction of sp³-hybridized carbons (Fsp3) is 0.364. The average molecular weight is 642 g/mol. The Labute approximate surface area is 262 Å². The zero-order valence-electron chi connectivity index (χ0n) is 25.2. The van der Waals surface area contributed by atoms with Crippen LogP contribution in [0.5, 0.6) is 11.5 Å². The summed E-state index contributed by atoms with van der Waals surface area (Å²) in [6.07, 6.45) is -3.64. The van der Waals surface area contributed by atoms with Crippen LogP contribution in [0.25, 0.3) is 10.9 Å². The first-order chi connectivity index (χ1) is 21.8. The number of aliphatic hydroxyl groups is 1. The lowest BCUT2D eigenvalue weighted by Gasteiger charge is -2.34. The fourth-order valence-electron chi connectivity index (χ4n) is 6.05. The molecule has 244 valence electrons. The number of fused-ring (bicyclic) bond motifs is 1. The largest absolute Gasteiger partial charge is 0.493 e. The number of alkyl halides is 3. The normalized spacial score (nSPS) is 17.5. The molecule has 46 heavy (non-hydrogen) atoms. The van der Waals surface area contributed by atoms with Gasteiger partial charge < -0.3 is 24.3 Å². The number of carboxylic acids is 1. The first kappa shape index (κ1) is 32.8. The molecule has 13 heteroatoms. The Morgan fingerprint density at radius 1 is 1.11 bits per heavy atom. The van der Waals surface area contributed by atoms with Crippen molar-refractivity contribution in [3.63, 3.8) is 0 Å². The molecule has 0 amide bonds. The van der Waals surface area contributed by atoms with Crippen molar-refractivity contribution in [3.8, 4) is 11.5 Å². The third-order valence-corrected chi connectivity index (χ3v) is 8.46. The summed E-state index contributed by atoms with van der Waals surface area (Å²) in [7, 11) is 1.42. The number of carboxylic acid groups (broad SMARTS) is 1. The van der Waals surface area contributed by atoms with E-state index in [2.05, 4.69) is 0 Å². The Kier molecular flexibility index (Phi) is 9.27. The van der Waals surface area contributed by atoms with Crippen LogP contribution in [0.3, 0.4) is 0 Å². The number of nitro groups is 1. The van der Waals surface area contributed by atoms with E-state index in [0.29, 0.717) is 29.9 Å². The highest BCUT2D eigenvalue weighted by Crippen LogP contribution is 2.44. The van der Waals surface area contributed by atoms with Crippen LogP contribution in [0.1, 0.15) is 42.4 Å². The standard InChI is InChI=1S/C33H34F3N3O7/c1-3-25(31(40)41)22-9-12-29(30(15-22)45-2)46-24-13-14-37(18-24)20-32(42,33(34,35)36)27-19-38(17-21-7-5-4-6-8-21)28-16-23(39(43)44)10-11-26(27)28/h4-12,15-16,19,24-25,42H,3,13-14,17-18,20H2,1-2H3,(H,40,41)/t24-,25?,32?/m0/s1. The van der Waals surface area contributed by atoms with Gasteiger partial charge in [-0.1, -0.05) is 43.3 Å². The van der Waals surface area contributed by atoms with Gasteiger partial charge in [0.15, 0.2) is 11.5 Å². The Hall–Kier alpha value is -4.62. The third-order valence-electron chi connectivity index (χ3n) is 8.46. The van der Waals surface area contributed by atoms with Gasteiger partial charge in [-0.15, -0.1) is 0 Å². The quantitative estimate of drug-likeness (QED) is 0.141. The zero-order chi connectivity index (χ0) is 33.2. The number of carbonyl (C=O) groups is 1. The van der Waals surface area contributed by atoms with Crippen molar-refractivity contribution in [1.29, 1.82) is 0 Å². The van der Waals surface area contributed by atoms with Crippen LogP contribution in [-0.2, 0) is 16.9 Å². The first-order valence-corrected chi connectivity index (χ1v) is 14.7. The van der Waals surface area contributed by atoms with Crippen molar-refractivity contribution in [2.75, 3.05) is 26.7 Å². The molecule has 0 radical (unpaired) electrons. The minimum atomic E-state index is -5.08. The monoisotopic (exact) mass is 641 g/mol. The van der Waals surface area contributed by atoms with Gasteiger partial charge in [-0.25, -0.2) is 0 Å². The van der Waals surface area contributed by atoms with Gasteiger partial charge in [0.1, 0.15) is 6.10 Å². The summed E-state index contributed by atoms with van der Waals surface area (Å²) >= 11 is 0. The molecule has 1 aliphatic heterocycles. The number of nitrogens with zero attached hydrogens (tertiary/aromatic N) is 3. The lowest BCUT2D eigenvalue weighted by molar-refractivity contribution is -0.384. The van der Waals surface area contributed by atoms with Gasteiger partial charge in [0.2, 0.25) is 5.60 Å². The lowest BCUT2D eigenvalue weighted by Crippen LogP contribution is -2.50. The highest BCUT2D eigenvalue weighted by atomic mass is 19.4. The topological polar surface area (TPSA) is 127 Å². The van der Waals surface area contributed by atoms with Crippen molar-refractivity contribution in [2.24, 2.45) is 0 Å². The van der Waals surface area contributed by atoms with Crippen molar-refractivity contribution in [3.05, 3.63) is 99.7 Å². The van der Waals surface area contributed by atoms with Crippen LogP contribution in [-0.4, -0.2) is 69.6 Å². The Morgan fingerprint density at radius 2 is 1.85 bits per heavy atom. The molecule has 2 unspecified atom stereocenters. The number of methoxy groups -OCH3 is 1. The van der Waals surface area contributed by atoms with Gasteiger partial charge >= 0.3 is 12.1 Å². The molecular formula is C33H34F3N3O7. The number of benzene rings is 3. The van der Waals surface area contributed by atoms with E-state index in [1.807, 2.05) is 0 Å². The molecule has 0 aliphatic carbocycles. The van der Waals surface area contributed by atoms with Gasteiger partial charge in [-0.3, -0.25) is 19.8 Å². The van der Waals surface area contributed by atoms with Crippen molar-refractivity contribution in [1.82, 2.24) is 9.47 Å². The number of β-amino-alcohol motifs (C(OH)–C–C–N with tert-alkyl or cyclic N) is 1. The predicted molar refractivity (Wildman–Crippen MR) is 163 cm³/mol. The zero-order valence-corrected chi connectivity index (χ0v) is 25.2. The van der Waals surface area contributed by atoms with Gasteiger partial charge in [0, 0.05) is 55.5 Å². The number of halogens is 3. The number of rotatable bonds is 12. The van der Waals surface area contributed by atoms with Crippen molar-refractivity contribution >= 4 is 22.6 Å². The number of likely N-dealkylation sites (tertiary alicyclic amines) is 1. The Morgan fingerprint density at radius 3 is 2.48 bits per heavy atom. The van der Waals surface area contributed by atoms with Gasteiger partial charge in [-0.2, -0.15) is 13.2 Å². The number of nitro benzene ring substituents is 1. The molecule has 5 rings (SSSR count). The second kappa shape index (κ2) is 13.0. The molecule has 2 heterocycles. The van der Waals surface area contributed by atoms with E-state index in [9.17, 15) is 38.3 Å². The summed E-state index contributed by atoms with van der Waals surface area (Å²) < 4.78 is 57.6. The maximum absolute atomic E-state index is 14.9. The van der Waals surface area contributed by atoms with E-state index in [0.717, 1.165) is 11.6 Å². The van der Waals surface area contributed by atoms with E-state index in [1.165, 1.54) is 34.9 Å². The number of aromatic nitrogens is 1. The smallest absolute Gasteiger partial charge is 0.422 e. The van der Waals surface area contributed by atoms with Crippen LogP contribution in [0.4, 0.5) is 18.9 Å². The molecule has 3 aromatic carbocycles. The summed E-state index contributed by atoms with van der Waals surface area (Å²) in [5.74, 6) is -1.06. The third kappa shape index (κ3) is 6.51. The second-order valence-corrected chi connectivity index (χ2v) is 11.4. The molecular weight excluding hydrogens is 607 g/mol. The number of non-ortho nitro benzene ring substituents is 1. The van der Waals surface area contributed by atoms with Crippen LogP contribution in [0.2, 0.25) is 0 Å². The van der Waals surface area contributed by atoms with E-state index < -0.39 is 46.8 Å². The highest BCUT2D eigenvalue weighted by Gasteiger charge is 2.57. The molecule has 4 aromatic rings. The molecule has 1 fully saturated rings. The molecule has 0 spiro atoms. The fourth-order valence-corrected chi connectivity index (χ4v) is 6.05. The maximum Gasteiger partial charge on any atom is 0.422 e. The molecule has 1 aromatic heterocycles. The molecule has 1 aliphatic rings. The SMILES string of the molecule is CCC(C(=O)O)c1ccc(O[C@H]2CCN(CC(O)(c3cn(Cc4ccccc4)c4cc([N+](=O)[O-])ccc34)C(F)(F)F)C2)c(OC)c1. The van der Waals surface area contributed by atoms with Crippen LogP contribution in [0, 0.1) is 10.1 Å². The molecule has 10 nitrogen and oxygen atoms in total. The van der Waals surface area contributed by atoms with Gasteiger partial charge in [-0.05, 0) is 42.2 Å². The maximum atomic E-state index is 14.9. The van der Waals surface area contributed by atoms with Gasteiger partial charge in [0.05, 0.1) is 23.5 Å². The summed E-state index contributed by atoms with van der Waals surface area (Å²) in [4.78, 5) is 24.0. The molecule has 1 saturated heterocycles. The molecule has 0 bridgehead atoms. The Bertz CT molecular complexity index is 1730. The van der Waals surface area contributed by atoms with Gasteiger partial charge in [0.25, 0.3) is 5.69 Å². The highest BCUT2D eigenvalue weighted by molar-refractivity contribution is 5.87. The molecule has 3 atom stereocenters. The molecule has 0 saturated carbocycles. The summed E-state index contributed by atoms with van der Waals surface area (Å²) in [5, 5.41) is 32.6. The number of hydrogen-bond donors (Lipinski definition) is 2. The van der Waals surface area contributed by atoms with E-state index in [4.69, 9.17) is 9.47 Å². The van der Waals surface area contributed by atoms with E-state index >= 15 is 0 Å². The number of ether oxygens (including phenoxy) is 2. The van der Waals surface area contributed by atoms with Crippen LogP contribution in [0.15, 0.2) is 72.9 Å². The van der Waals surface area contributed by atoms with Crippen LogP contribution < -0.4 is 9.47 Å². The predicted octanol–water partition coefficient (Wildman–Crippen LogP) is 6.09. The van der Waals surface area contributed by atoms with Crippen molar-refractivity contribution < 1.29 is 42.6 Å². The summed E-state index contributed by atoms with van der Waals surface area (Å²) in [5.41, 5.74) is -2.47. The van der Waals surface area contributed by atoms with E-state index in [-0.39, 0.29) is 36.2 Å². The van der Waals surface area contributed by atoms with Crippen molar-refractivity contribution in [2.45, 2.75) is 50.1 Å². The minimum absolute atomic E-state index is 0.0601. The van der Waals surface area contributed by atoms with Crippen LogP contribution >= 0.6 is 0 Å².